The lowest BCUT2D eigenvalue weighted by Gasteiger charge is -2.37. The summed E-state index contributed by atoms with van der Waals surface area (Å²) in [7, 11) is 0. The van der Waals surface area contributed by atoms with Crippen LogP contribution in [0.5, 0.6) is 0 Å². The Labute approximate surface area is 237 Å². The Hall–Kier alpha value is -2.57. The lowest BCUT2D eigenvalue weighted by molar-refractivity contribution is 0.353. The number of hydrogen-bond donors (Lipinski definition) is 1. The van der Waals surface area contributed by atoms with Gasteiger partial charge in [0, 0.05) is 43.4 Å². The van der Waals surface area contributed by atoms with Crippen LogP contribution in [-0.2, 0) is 0 Å². The molecule has 38 heavy (non-hydrogen) atoms. The van der Waals surface area contributed by atoms with Gasteiger partial charge in [0.05, 0.1) is 28.5 Å². The number of hydrogen-bond acceptors (Lipinski definition) is 3. The number of pyridine rings is 1. The molecule has 1 N–H and O–H groups in total. The van der Waals surface area contributed by atoms with Gasteiger partial charge in [-0.3, -0.25) is 4.98 Å². The van der Waals surface area contributed by atoms with Crippen LogP contribution in [0, 0.1) is 11.8 Å². The minimum atomic E-state index is -0.0480. The average Bonchev–Trinajstić information content (AvgIpc) is 3.54. The number of aromatic nitrogens is 2. The topological polar surface area (TPSA) is 36.3 Å². The molecule has 2 aliphatic heterocycles. The predicted octanol–water partition coefficient (Wildman–Crippen LogP) is 7.70. The summed E-state index contributed by atoms with van der Waals surface area (Å²) < 4.78 is 2.43. The highest BCUT2D eigenvalue weighted by molar-refractivity contribution is 7.80. The van der Waals surface area contributed by atoms with Gasteiger partial charge in [-0.2, -0.15) is 0 Å². The van der Waals surface area contributed by atoms with E-state index in [0.29, 0.717) is 23.0 Å². The molecule has 5 nitrogen and oxygen atoms in total. The van der Waals surface area contributed by atoms with E-state index < -0.39 is 0 Å². The molecule has 200 valence electrons. The van der Waals surface area contributed by atoms with Gasteiger partial charge in [-0.15, -0.1) is 0 Å². The zero-order chi connectivity index (χ0) is 26.2. The monoisotopic (exact) mass is 547 g/mol. The van der Waals surface area contributed by atoms with Gasteiger partial charge in [0.25, 0.3) is 0 Å². The lowest BCUT2D eigenvalue weighted by atomic mass is 9.91. The Balaban J connectivity index is 1.35. The van der Waals surface area contributed by atoms with E-state index in [1.54, 1.807) is 0 Å². The zero-order valence-corrected chi connectivity index (χ0v) is 24.0. The Morgan fingerprint density at radius 3 is 2.50 bits per heavy atom. The van der Waals surface area contributed by atoms with E-state index in [1.807, 2.05) is 18.3 Å². The largest absolute Gasteiger partial charge is 0.370 e. The summed E-state index contributed by atoms with van der Waals surface area (Å²) in [6.45, 7) is 6.76. The van der Waals surface area contributed by atoms with Crippen molar-refractivity contribution in [3.05, 3.63) is 77.3 Å². The van der Waals surface area contributed by atoms with E-state index in [0.717, 1.165) is 35.2 Å². The van der Waals surface area contributed by atoms with Crippen molar-refractivity contribution >= 4 is 40.3 Å². The summed E-state index contributed by atoms with van der Waals surface area (Å²) in [6.07, 6.45) is 14.2. The maximum Gasteiger partial charge on any atom is 0.174 e. The third-order valence-corrected chi connectivity index (χ3v) is 9.21. The normalized spacial score (nSPS) is 26.6. The second kappa shape index (κ2) is 10.9. The van der Waals surface area contributed by atoms with Crippen molar-refractivity contribution in [2.45, 2.75) is 70.5 Å². The van der Waals surface area contributed by atoms with Gasteiger partial charge in [-0.25, -0.2) is 0 Å². The Kier molecular flexibility index (Phi) is 7.37. The molecule has 6 rings (SSSR count). The number of piperidine rings is 1. The van der Waals surface area contributed by atoms with Crippen LogP contribution in [-0.4, -0.2) is 27.8 Å². The maximum absolute atomic E-state index is 6.99. The standard InChI is InChI=1S/C31H38ClN5S/c1-21-16-22(2)19-36(18-21)28-12-11-25(17-26(28)32)37-30(29(34-31(37)38)27-10-6-7-14-33-27)23-13-15-35(20-23)24-8-4-3-5-9-24/h6-7,10-15,17,20-22,24,29-30H,3-5,8-9,16,18-19H2,1-2H3,(H,34,38)/t21-,22+,29-,30+/m0/s1. The quantitative estimate of drug-likeness (QED) is 0.331. The Morgan fingerprint density at radius 1 is 1.00 bits per heavy atom. The molecular formula is C31H38ClN5S. The van der Waals surface area contributed by atoms with Gasteiger partial charge in [0.2, 0.25) is 0 Å². The minimum absolute atomic E-state index is 0.0146. The molecule has 3 aromatic rings. The molecule has 3 fully saturated rings. The second-order valence-corrected chi connectivity index (χ2v) is 12.5. The van der Waals surface area contributed by atoms with Crippen molar-refractivity contribution < 1.29 is 0 Å². The molecule has 2 aromatic heterocycles. The molecule has 0 unspecified atom stereocenters. The van der Waals surface area contributed by atoms with Crippen LogP contribution in [0.25, 0.3) is 0 Å². The molecule has 1 aromatic carbocycles. The fourth-order valence-corrected chi connectivity index (χ4v) is 7.59. The average molecular weight is 548 g/mol. The van der Waals surface area contributed by atoms with E-state index in [1.165, 1.54) is 44.1 Å². The molecule has 0 amide bonds. The Morgan fingerprint density at radius 2 is 1.79 bits per heavy atom. The van der Waals surface area contributed by atoms with Gasteiger partial charge >= 0.3 is 0 Å². The molecule has 4 atom stereocenters. The van der Waals surface area contributed by atoms with Gasteiger partial charge in [0.15, 0.2) is 5.11 Å². The summed E-state index contributed by atoms with van der Waals surface area (Å²) in [5.74, 6) is 1.34. The minimum Gasteiger partial charge on any atom is -0.370 e. The number of anilines is 2. The van der Waals surface area contributed by atoms with E-state index >= 15 is 0 Å². The van der Waals surface area contributed by atoms with Crippen molar-refractivity contribution in [1.82, 2.24) is 14.9 Å². The van der Waals surface area contributed by atoms with Crippen LogP contribution in [0.3, 0.4) is 0 Å². The molecular weight excluding hydrogens is 510 g/mol. The lowest BCUT2D eigenvalue weighted by Crippen LogP contribution is -2.38. The summed E-state index contributed by atoms with van der Waals surface area (Å²) in [5.41, 5.74) is 4.38. The van der Waals surface area contributed by atoms with Crippen LogP contribution < -0.4 is 15.1 Å². The number of nitrogens with zero attached hydrogens (tertiary/aromatic N) is 4. The first-order valence-electron chi connectivity index (χ1n) is 14.2. The molecule has 1 saturated carbocycles. The fourth-order valence-electron chi connectivity index (χ4n) is 6.95. The van der Waals surface area contributed by atoms with Crippen LogP contribution in [0.4, 0.5) is 11.4 Å². The van der Waals surface area contributed by atoms with Crippen LogP contribution in [0.2, 0.25) is 5.02 Å². The van der Waals surface area contributed by atoms with Gasteiger partial charge < -0.3 is 19.7 Å². The van der Waals surface area contributed by atoms with Crippen molar-refractivity contribution in [2.75, 3.05) is 22.9 Å². The van der Waals surface area contributed by atoms with Crippen molar-refractivity contribution in [3.8, 4) is 0 Å². The third kappa shape index (κ3) is 5.05. The van der Waals surface area contributed by atoms with E-state index in [9.17, 15) is 0 Å². The van der Waals surface area contributed by atoms with E-state index in [2.05, 4.69) is 76.3 Å². The first-order chi connectivity index (χ1) is 18.5. The van der Waals surface area contributed by atoms with Gasteiger partial charge in [-0.05, 0) is 85.3 Å². The number of rotatable bonds is 5. The van der Waals surface area contributed by atoms with E-state index in [4.69, 9.17) is 28.8 Å². The van der Waals surface area contributed by atoms with Crippen LogP contribution in [0.1, 0.15) is 81.8 Å². The first-order valence-corrected chi connectivity index (χ1v) is 15.0. The highest BCUT2D eigenvalue weighted by Gasteiger charge is 2.41. The van der Waals surface area contributed by atoms with Crippen molar-refractivity contribution in [2.24, 2.45) is 11.8 Å². The summed E-state index contributed by atoms with van der Waals surface area (Å²) >= 11 is 13.0. The molecule has 0 bridgehead atoms. The third-order valence-electron chi connectivity index (χ3n) is 8.59. The number of benzene rings is 1. The van der Waals surface area contributed by atoms with Gasteiger partial charge in [0.1, 0.15) is 0 Å². The zero-order valence-electron chi connectivity index (χ0n) is 22.4. The molecule has 4 heterocycles. The molecule has 7 heteroatoms. The molecule has 3 aliphatic rings. The van der Waals surface area contributed by atoms with Crippen molar-refractivity contribution in [3.63, 3.8) is 0 Å². The molecule has 2 saturated heterocycles. The van der Waals surface area contributed by atoms with Gasteiger partial charge in [-0.1, -0.05) is 50.8 Å². The summed E-state index contributed by atoms with van der Waals surface area (Å²) in [4.78, 5) is 9.41. The van der Waals surface area contributed by atoms with Crippen LogP contribution in [0.15, 0.2) is 61.1 Å². The molecule has 1 aliphatic carbocycles. The molecule has 0 radical (unpaired) electrons. The number of nitrogens with one attached hydrogen (secondary N) is 1. The number of halogens is 1. The second-order valence-electron chi connectivity index (χ2n) is 11.7. The predicted molar refractivity (Wildman–Crippen MR) is 161 cm³/mol. The summed E-state index contributed by atoms with van der Waals surface area (Å²) in [6, 6.07) is 15.4. The van der Waals surface area contributed by atoms with E-state index in [-0.39, 0.29) is 12.1 Å². The highest BCUT2D eigenvalue weighted by atomic mass is 35.5. The smallest absolute Gasteiger partial charge is 0.174 e. The van der Waals surface area contributed by atoms with Crippen molar-refractivity contribution in [1.29, 1.82) is 0 Å². The Bertz CT molecular complexity index is 1260. The first kappa shape index (κ1) is 25.7. The SMILES string of the molecule is C[C@@H]1C[C@H](C)CN(c2ccc(N3C(=S)N[C@@H](c4ccccn4)[C@H]3c3ccn(C4CCCCC4)c3)cc2Cl)C1. The number of thiocarbonyl (C=S) groups is 1. The fraction of sp³-hybridized carbons (Fsp3) is 0.484. The summed E-state index contributed by atoms with van der Waals surface area (Å²) in [5, 5.41) is 5.09. The maximum atomic E-state index is 6.99. The van der Waals surface area contributed by atoms with Crippen LogP contribution >= 0.6 is 23.8 Å². The highest BCUT2D eigenvalue weighted by Crippen LogP contribution is 2.44. The molecule has 0 spiro atoms.